The lowest BCUT2D eigenvalue weighted by molar-refractivity contribution is 1.01. The second-order valence-corrected chi connectivity index (χ2v) is 4.95. The van der Waals surface area contributed by atoms with Gasteiger partial charge in [-0.15, -0.1) is 23.1 Å². The molecule has 4 nitrogen and oxygen atoms in total. The highest BCUT2D eigenvalue weighted by molar-refractivity contribution is 7.98. The van der Waals surface area contributed by atoms with E-state index in [0.29, 0.717) is 6.54 Å². The SMILES string of the molecule is CSc1cc(NCc2nc(C)cs2)ncn1. The van der Waals surface area contributed by atoms with E-state index >= 15 is 0 Å². The Kier molecular flexibility index (Phi) is 3.74. The maximum atomic E-state index is 4.38. The maximum Gasteiger partial charge on any atom is 0.130 e. The standard InChI is InChI=1S/C10H12N4S2/c1-7-5-16-10(14-7)4-11-8-3-9(15-2)13-6-12-8/h3,5-6H,4H2,1-2H3,(H,11,12,13). The first kappa shape index (κ1) is 11.3. The lowest BCUT2D eigenvalue weighted by Gasteiger charge is -2.03. The minimum absolute atomic E-state index is 0.712. The van der Waals surface area contributed by atoms with Gasteiger partial charge in [0.1, 0.15) is 22.2 Å². The van der Waals surface area contributed by atoms with Crippen molar-refractivity contribution in [1.29, 1.82) is 0 Å². The van der Waals surface area contributed by atoms with E-state index in [-0.39, 0.29) is 0 Å². The summed E-state index contributed by atoms with van der Waals surface area (Å²) in [6, 6.07) is 1.94. The molecule has 16 heavy (non-hydrogen) atoms. The largest absolute Gasteiger partial charge is 0.363 e. The van der Waals surface area contributed by atoms with Gasteiger partial charge in [0.25, 0.3) is 0 Å². The minimum atomic E-state index is 0.712. The van der Waals surface area contributed by atoms with Crippen LogP contribution in [0.25, 0.3) is 0 Å². The number of aryl methyl sites for hydroxylation is 1. The molecule has 1 N–H and O–H groups in total. The third-order valence-corrected chi connectivity index (χ3v) is 3.55. The third kappa shape index (κ3) is 2.93. The quantitative estimate of drug-likeness (QED) is 0.669. The summed E-state index contributed by atoms with van der Waals surface area (Å²) in [5.41, 5.74) is 1.06. The smallest absolute Gasteiger partial charge is 0.130 e. The molecule has 0 aromatic carbocycles. The molecule has 84 valence electrons. The van der Waals surface area contributed by atoms with E-state index in [0.717, 1.165) is 21.5 Å². The fraction of sp³-hybridized carbons (Fsp3) is 0.300. The summed E-state index contributed by atoms with van der Waals surface area (Å²) >= 11 is 3.26. The number of nitrogens with one attached hydrogen (secondary N) is 1. The van der Waals surface area contributed by atoms with Crippen LogP contribution in [0, 0.1) is 6.92 Å². The van der Waals surface area contributed by atoms with Crippen LogP contribution in [0.5, 0.6) is 0 Å². The molecule has 0 aliphatic heterocycles. The summed E-state index contributed by atoms with van der Waals surface area (Å²) in [6.07, 6.45) is 3.57. The number of rotatable bonds is 4. The van der Waals surface area contributed by atoms with Crippen LogP contribution in [0.15, 0.2) is 22.8 Å². The van der Waals surface area contributed by atoms with Gasteiger partial charge >= 0.3 is 0 Å². The monoisotopic (exact) mass is 252 g/mol. The highest BCUT2D eigenvalue weighted by Crippen LogP contribution is 2.15. The average Bonchev–Trinajstić information content (AvgIpc) is 2.73. The summed E-state index contributed by atoms with van der Waals surface area (Å²) in [5.74, 6) is 0.840. The Balaban J connectivity index is 1.99. The van der Waals surface area contributed by atoms with Crippen molar-refractivity contribution in [3.8, 4) is 0 Å². The molecule has 0 saturated carbocycles. The minimum Gasteiger partial charge on any atom is -0.363 e. The molecule has 0 amide bonds. The van der Waals surface area contributed by atoms with Crippen LogP contribution in [0.4, 0.5) is 5.82 Å². The van der Waals surface area contributed by atoms with Crippen LogP contribution >= 0.6 is 23.1 Å². The average molecular weight is 252 g/mol. The zero-order chi connectivity index (χ0) is 11.4. The van der Waals surface area contributed by atoms with Crippen molar-refractivity contribution >= 4 is 28.9 Å². The van der Waals surface area contributed by atoms with E-state index < -0.39 is 0 Å². The predicted octanol–water partition coefficient (Wildman–Crippen LogP) is 2.58. The van der Waals surface area contributed by atoms with Crippen molar-refractivity contribution in [3.63, 3.8) is 0 Å². The van der Waals surface area contributed by atoms with Gasteiger partial charge in [0, 0.05) is 17.1 Å². The lowest BCUT2D eigenvalue weighted by Crippen LogP contribution is -2.01. The van der Waals surface area contributed by atoms with Crippen LogP contribution in [0.1, 0.15) is 10.7 Å². The molecule has 0 fully saturated rings. The number of thiazole rings is 1. The van der Waals surface area contributed by atoms with Crippen LogP contribution in [0.2, 0.25) is 0 Å². The van der Waals surface area contributed by atoms with Gasteiger partial charge in [-0.1, -0.05) is 0 Å². The number of nitrogens with zero attached hydrogens (tertiary/aromatic N) is 3. The first-order valence-electron chi connectivity index (χ1n) is 4.79. The molecule has 0 bridgehead atoms. The molecule has 2 aromatic heterocycles. The van der Waals surface area contributed by atoms with E-state index in [2.05, 4.69) is 20.3 Å². The summed E-state index contributed by atoms with van der Waals surface area (Å²) in [6.45, 7) is 2.71. The van der Waals surface area contributed by atoms with Crippen molar-refractivity contribution in [2.75, 3.05) is 11.6 Å². The van der Waals surface area contributed by atoms with E-state index in [1.807, 2.05) is 24.6 Å². The highest BCUT2D eigenvalue weighted by atomic mass is 32.2. The molecule has 2 rings (SSSR count). The van der Waals surface area contributed by atoms with Crippen LogP contribution in [0.3, 0.4) is 0 Å². The molecule has 0 aliphatic carbocycles. The van der Waals surface area contributed by atoms with E-state index in [9.17, 15) is 0 Å². The molecule has 0 spiro atoms. The molecule has 2 aromatic rings. The number of thioether (sulfide) groups is 1. The Bertz CT molecular complexity index is 469. The van der Waals surface area contributed by atoms with E-state index in [4.69, 9.17) is 0 Å². The Morgan fingerprint density at radius 2 is 2.31 bits per heavy atom. The van der Waals surface area contributed by atoms with Gasteiger partial charge in [-0.25, -0.2) is 15.0 Å². The summed E-state index contributed by atoms with van der Waals surface area (Å²) in [5, 5.41) is 7.32. The first-order valence-corrected chi connectivity index (χ1v) is 6.89. The fourth-order valence-corrected chi connectivity index (χ4v) is 2.29. The molecule has 0 unspecified atom stereocenters. The zero-order valence-electron chi connectivity index (χ0n) is 9.10. The molecular formula is C10H12N4S2. The summed E-state index contributed by atoms with van der Waals surface area (Å²) in [4.78, 5) is 12.6. The van der Waals surface area contributed by atoms with Crippen LogP contribution in [-0.4, -0.2) is 21.2 Å². The Morgan fingerprint density at radius 1 is 1.44 bits per heavy atom. The summed E-state index contributed by atoms with van der Waals surface area (Å²) < 4.78 is 0. The van der Waals surface area contributed by atoms with Gasteiger partial charge in [0.15, 0.2) is 0 Å². The van der Waals surface area contributed by atoms with Gasteiger partial charge in [-0.2, -0.15) is 0 Å². The zero-order valence-corrected chi connectivity index (χ0v) is 10.7. The Hall–Kier alpha value is -1.14. The molecule has 0 atom stereocenters. The van der Waals surface area contributed by atoms with Gasteiger partial charge < -0.3 is 5.32 Å². The maximum absolute atomic E-state index is 4.38. The fourth-order valence-electron chi connectivity index (χ4n) is 1.20. The van der Waals surface area contributed by atoms with Crippen LogP contribution in [-0.2, 0) is 6.54 Å². The molecular weight excluding hydrogens is 240 g/mol. The molecule has 6 heteroatoms. The van der Waals surface area contributed by atoms with Crippen molar-refractivity contribution < 1.29 is 0 Å². The molecule has 0 saturated heterocycles. The Labute approximate surface area is 103 Å². The highest BCUT2D eigenvalue weighted by Gasteiger charge is 2.00. The molecule has 0 radical (unpaired) electrons. The van der Waals surface area contributed by atoms with Gasteiger partial charge in [-0.3, -0.25) is 0 Å². The first-order chi connectivity index (χ1) is 7.78. The second kappa shape index (κ2) is 5.27. The number of anilines is 1. The Morgan fingerprint density at radius 3 is 3.00 bits per heavy atom. The van der Waals surface area contributed by atoms with Crippen LogP contribution < -0.4 is 5.32 Å². The molecule has 2 heterocycles. The summed E-state index contributed by atoms with van der Waals surface area (Å²) in [7, 11) is 0. The second-order valence-electron chi connectivity index (χ2n) is 3.18. The third-order valence-electron chi connectivity index (χ3n) is 1.94. The number of aromatic nitrogens is 3. The number of hydrogen-bond acceptors (Lipinski definition) is 6. The lowest BCUT2D eigenvalue weighted by atomic mass is 10.5. The topological polar surface area (TPSA) is 50.7 Å². The number of hydrogen-bond donors (Lipinski definition) is 1. The van der Waals surface area contributed by atoms with Crippen molar-refractivity contribution in [2.24, 2.45) is 0 Å². The normalized spacial score (nSPS) is 10.4. The van der Waals surface area contributed by atoms with Gasteiger partial charge in [0.2, 0.25) is 0 Å². The predicted molar refractivity (Wildman–Crippen MR) is 68.0 cm³/mol. The van der Waals surface area contributed by atoms with E-state index in [1.165, 1.54) is 0 Å². The molecule has 0 aliphatic rings. The van der Waals surface area contributed by atoms with Gasteiger partial charge in [-0.05, 0) is 13.2 Å². The van der Waals surface area contributed by atoms with Gasteiger partial charge in [0.05, 0.1) is 6.54 Å². The van der Waals surface area contributed by atoms with Crippen molar-refractivity contribution in [3.05, 3.63) is 28.5 Å². The van der Waals surface area contributed by atoms with E-state index in [1.54, 1.807) is 29.4 Å². The van der Waals surface area contributed by atoms with Crippen molar-refractivity contribution in [2.45, 2.75) is 18.5 Å². The van der Waals surface area contributed by atoms with Crippen molar-refractivity contribution in [1.82, 2.24) is 15.0 Å².